The number of esters is 1. The Kier molecular flexibility index (Phi) is 5.62. The lowest BCUT2D eigenvalue weighted by atomic mass is 9.89. The van der Waals surface area contributed by atoms with Crippen molar-refractivity contribution in [1.82, 2.24) is 4.90 Å². The lowest BCUT2D eigenvalue weighted by molar-refractivity contribution is -0.138. The van der Waals surface area contributed by atoms with Crippen LogP contribution in [-0.4, -0.2) is 30.6 Å². The van der Waals surface area contributed by atoms with E-state index in [-0.39, 0.29) is 5.97 Å². The quantitative estimate of drug-likeness (QED) is 0.733. The molecule has 0 spiro atoms. The summed E-state index contributed by atoms with van der Waals surface area (Å²) in [5, 5.41) is 0.702. The van der Waals surface area contributed by atoms with Gasteiger partial charge in [0.05, 0.1) is 6.61 Å². The van der Waals surface area contributed by atoms with Gasteiger partial charge in [0.1, 0.15) is 0 Å². The predicted octanol–water partition coefficient (Wildman–Crippen LogP) is 4.82. The smallest absolute Gasteiger partial charge is 0.334 e. The van der Waals surface area contributed by atoms with Gasteiger partial charge in [-0.2, -0.15) is 0 Å². The number of allylic oxidation sites excluding steroid dienone is 3. The second-order valence-electron chi connectivity index (χ2n) is 6.30. The summed E-state index contributed by atoms with van der Waals surface area (Å²) in [5.74, 6) is -0.198. The number of hydrogen-bond donors (Lipinski definition) is 0. The lowest BCUT2D eigenvalue weighted by Crippen LogP contribution is -2.30. The molecule has 0 atom stereocenters. The van der Waals surface area contributed by atoms with Crippen LogP contribution in [0, 0.1) is 0 Å². The summed E-state index contributed by atoms with van der Waals surface area (Å²) >= 11 is 6.02. The van der Waals surface area contributed by atoms with Crippen molar-refractivity contribution in [2.45, 2.75) is 39.0 Å². The van der Waals surface area contributed by atoms with Crippen LogP contribution in [0.25, 0.3) is 5.57 Å². The molecule has 3 nitrogen and oxygen atoms in total. The van der Waals surface area contributed by atoms with Gasteiger partial charge in [-0.1, -0.05) is 23.7 Å². The van der Waals surface area contributed by atoms with Gasteiger partial charge in [-0.15, -0.1) is 0 Å². The molecule has 0 unspecified atom stereocenters. The molecule has 1 aliphatic carbocycles. The van der Waals surface area contributed by atoms with Crippen LogP contribution in [0.2, 0.25) is 5.02 Å². The van der Waals surface area contributed by atoms with Crippen molar-refractivity contribution in [1.29, 1.82) is 0 Å². The van der Waals surface area contributed by atoms with Crippen LogP contribution in [0.1, 0.15) is 44.6 Å². The fraction of sp³-hybridized carbons (Fsp3) is 0.450. The van der Waals surface area contributed by atoms with E-state index in [1.807, 2.05) is 31.2 Å². The molecule has 0 aromatic heterocycles. The highest BCUT2D eigenvalue weighted by Gasteiger charge is 2.24. The molecule has 24 heavy (non-hydrogen) atoms. The number of benzene rings is 1. The van der Waals surface area contributed by atoms with E-state index in [0.29, 0.717) is 11.6 Å². The average Bonchev–Trinajstić information content (AvgIpc) is 2.63. The number of ether oxygens (including phenoxy) is 1. The van der Waals surface area contributed by atoms with Crippen LogP contribution >= 0.6 is 11.6 Å². The molecule has 0 amide bonds. The molecule has 2 aliphatic rings. The minimum atomic E-state index is -0.198. The SMILES string of the molecule is CCOC(=O)C1=C(c2ccc(Cl)cc2)C=C(N2CCCCC2)CC1. The van der Waals surface area contributed by atoms with E-state index >= 15 is 0 Å². The van der Waals surface area contributed by atoms with Gasteiger partial charge in [-0.05, 0) is 68.4 Å². The molecule has 3 rings (SSSR count). The fourth-order valence-corrected chi connectivity index (χ4v) is 3.59. The third-order valence-electron chi connectivity index (χ3n) is 4.71. The van der Waals surface area contributed by atoms with Gasteiger partial charge in [0.2, 0.25) is 0 Å². The molecule has 0 N–H and O–H groups in total. The number of piperidine rings is 1. The zero-order chi connectivity index (χ0) is 16.9. The highest BCUT2D eigenvalue weighted by Crippen LogP contribution is 2.34. The van der Waals surface area contributed by atoms with Crippen molar-refractivity contribution in [2.24, 2.45) is 0 Å². The molecular weight excluding hydrogens is 322 g/mol. The van der Waals surface area contributed by atoms with Crippen molar-refractivity contribution >= 4 is 23.1 Å². The Morgan fingerprint density at radius 3 is 2.50 bits per heavy atom. The van der Waals surface area contributed by atoms with Gasteiger partial charge in [0.15, 0.2) is 0 Å². The van der Waals surface area contributed by atoms with E-state index in [0.717, 1.165) is 42.6 Å². The van der Waals surface area contributed by atoms with Crippen LogP contribution in [-0.2, 0) is 9.53 Å². The summed E-state index contributed by atoms with van der Waals surface area (Å²) in [6, 6.07) is 7.70. The number of hydrogen-bond acceptors (Lipinski definition) is 3. The van der Waals surface area contributed by atoms with Crippen molar-refractivity contribution in [3.63, 3.8) is 0 Å². The maximum atomic E-state index is 12.4. The fourth-order valence-electron chi connectivity index (χ4n) is 3.46. The van der Waals surface area contributed by atoms with Crippen LogP contribution < -0.4 is 0 Å². The molecule has 1 aromatic carbocycles. The molecular formula is C20H24ClNO2. The van der Waals surface area contributed by atoms with Crippen molar-refractivity contribution in [2.75, 3.05) is 19.7 Å². The Morgan fingerprint density at radius 1 is 1.12 bits per heavy atom. The van der Waals surface area contributed by atoms with E-state index in [1.165, 1.54) is 25.0 Å². The Labute approximate surface area is 148 Å². The minimum Gasteiger partial charge on any atom is -0.463 e. The molecule has 1 aliphatic heterocycles. The summed E-state index contributed by atoms with van der Waals surface area (Å²) in [7, 11) is 0. The summed E-state index contributed by atoms with van der Waals surface area (Å²) in [5.41, 5.74) is 4.13. The first-order valence-corrected chi connectivity index (χ1v) is 9.18. The van der Waals surface area contributed by atoms with E-state index in [9.17, 15) is 4.79 Å². The second-order valence-corrected chi connectivity index (χ2v) is 6.74. The van der Waals surface area contributed by atoms with Crippen LogP contribution in [0.3, 0.4) is 0 Å². The minimum absolute atomic E-state index is 0.198. The van der Waals surface area contributed by atoms with E-state index in [4.69, 9.17) is 16.3 Å². The number of rotatable bonds is 4. The first-order chi connectivity index (χ1) is 11.7. The van der Waals surface area contributed by atoms with Crippen LogP contribution in [0.5, 0.6) is 0 Å². The number of carbonyl (C=O) groups excluding carboxylic acids is 1. The monoisotopic (exact) mass is 345 g/mol. The molecule has 1 aromatic rings. The van der Waals surface area contributed by atoms with Crippen molar-refractivity contribution in [3.05, 3.63) is 52.2 Å². The molecule has 0 saturated carbocycles. The summed E-state index contributed by atoms with van der Waals surface area (Å²) < 4.78 is 5.27. The van der Waals surface area contributed by atoms with E-state index in [2.05, 4.69) is 11.0 Å². The van der Waals surface area contributed by atoms with Gasteiger partial charge in [-0.25, -0.2) is 4.79 Å². The first kappa shape index (κ1) is 17.1. The Bertz CT molecular complexity index is 655. The number of carbonyl (C=O) groups is 1. The molecule has 4 heteroatoms. The summed E-state index contributed by atoms with van der Waals surface area (Å²) in [4.78, 5) is 14.9. The van der Waals surface area contributed by atoms with Crippen LogP contribution in [0.4, 0.5) is 0 Å². The molecule has 1 saturated heterocycles. The molecule has 1 fully saturated rings. The zero-order valence-corrected chi connectivity index (χ0v) is 14.9. The number of likely N-dealkylation sites (tertiary alicyclic amines) is 1. The van der Waals surface area contributed by atoms with Gasteiger partial charge in [-0.3, -0.25) is 0 Å². The van der Waals surface area contributed by atoms with Crippen molar-refractivity contribution in [3.8, 4) is 0 Å². The highest BCUT2D eigenvalue weighted by atomic mass is 35.5. The molecule has 0 bridgehead atoms. The van der Waals surface area contributed by atoms with E-state index < -0.39 is 0 Å². The third kappa shape index (κ3) is 3.84. The summed E-state index contributed by atoms with van der Waals surface area (Å²) in [6.07, 6.45) is 7.65. The maximum absolute atomic E-state index is 12.4. The molecule has 1 heterocycles. The standard InChI is InChI=1S/C20H24ClNO2/c1-2-24-20(23)18-11-10-17(22-12-4-3-5-13-22)14-19(18)15-6-8-16(21)9-7-15/h6-9,14H,2-5,10-13H2,1H3. The van der Waals surface area contributed by atoms with Gasteiger partial charge in [0.25, 0.3) is 0 Å². The molecule has 128 valence electrons. The van der Waals surface area contributed by atoms with Gasteiger partial charge >= 0.3 is 5.97 Å². The highest BCUT2D eigenvalue weighted by molar-refractivity contribution is 6.30. The Morgan fingerprint density at radius 2 is 1.83 bits per heavy atom. The topological polar surface area (TPSA) is 29.5 Å². The average molecular weight is 346 g/mol. The van der Waals surface area contributed by atoms with Crippen LogP contribution in [0.15, 0.2) is 41.6 Å². The van der Waals surface area contributed by atoms with Gasteiger partial charge in [0, 0.05) is 29.4 Å². The molecule has 0 radical (unpaired) electrons. The normalized spacial score (nSPS) is 18.4. The third-order valence-corrected chi connectivity index (χ3v) is 4.96. The Balaban J connectivity index is 1.97. The van der Waals surface area contributed by atoms with E-state index in [1.54, 1.807) is 0 Å². The Hall–Kier alpha value is -1.74. The van der Waals surface area contributed by atoms with Crippen molar-refractivity contribution < 1.29 is 9.53 Å². The second kappa shape index (κ2) is 7.89. The van der Waals surface area contributed by atoms with Gasteiger partial charge < -0.3 is 9.64 Å². The zero-order valence-electron chi connectivity index (χ0n) is 14.2. The predicted molar refractivity (Wildman–Crippen MR) is 97.7 cm³/mol. The summed E-state index contributed by atoms with van der Waals surface area (Å²) in [6.45, 7) is 4.49. The number of halogens is 1. The lowest BCUT2D eigenvalue weighted by Gasteiger charge is -2.33. The largest absolute Gasteiger partial charge is 0.463 e. The maximum Gasteiger partial charge on any atom is 0.334 e. The first-order valence-electron chi connectivity index (χ1n) is 8.80. The number of nitrogens with zero attached hydrogens (tertiary/aromatic N) is 1.